The van der Waals surface area contributed by atoms with Crippen molar-refractivity contribution < 1.29 is 0 Å². The summed E-state index contributed by atoms with van der Waals surface area (Å²) in [6.07, 6.45) is 3.52. The van der Waals surface area contributed by atoms with Gasteiger partial charge in [0.05, 0.1) is 23.1 Å². The molecule has 0 unspecified atom stereocenters. The lowest BCUT2D eigenvalue weighted by atomic mass is 9.62. The Bertz CT molecular complexity index is 695. The molecule has 0 amide bonds. The van der Waals surface area contributed by atoms with Gasteiger partial charge in [0.15, 0.2) is 0 Å². The molecule has 3 rings (SSSR count). The number of aryl methyl sites for hydroxylation is 1. The maximum atomic E-state index is 9.84. The second-order valence-electron chi connectivity index (χ2n) is 6.30. The number of allylic oxidation sites excluding steroid dienone is 2. The van der Waals surface area contributed by atoms with Crippen molar-refractivity contribution in [2.75, 3.05) is 0 Å². The molecule has 1 atom stereocenters. The Morgan fingerprint density at radius 2 is 1.95 bits per heavy atom. The van der Waals surface area contributed by atoms with Gasteiger partial charge in [-0.1, -0.05) is 32.1 Å². The Morgan fingerprint density at radius 1 is 1.21 bits per heavy atom. The second kappa shape index (κ2) is 3.49. The number of nitrogens with zero attached hydrogens (tertiary/aromatic N) is 2. The third kappa shape index (κ3) is 1.24. The molecule has 0 radical (unpaired) electrons. The summed E-state index contributed by atoms with van der Waals surface area (Å²) in [6.45, 7) is 6.44. The Balaban J connectivity index is 2.43. The molecule has 94 valence electrons. The van der Waals surface area contributed by atoms with Crippen molar-refractivity contribution in [2.24, 2.45) is 5.41 Å². The summed E-state index contributed by atoms with van der Waals surface area (Å²) in [5.41, 5.74) is 4.79. The number of rotatable bonds is 0. The Morgan fingerprint density at radius 3 is 2.58 bits per heavy atom. The molecule has 0 N–H and O–H groups in total. The highest BCUT2D eigenvalue weighted by atomic mass is 14.6. The van der Waals surface area contributed by atoms with Crippen LogP contribution in [0.1, 0.15) is 42.5 Å². The fraction of sp³-hybridized carbons (Fsp3) is 0.412. The average molecular weight is 248 g/mol. The van der Waals surface area contributed by atoms with Gasteiger partial charge in [-0.3, -0.25) is 0 Å². The molecule has 0 saturated carbocycles. The van der Waals surface area contributed by atoms with E-state index in [1.54, 1.807) is 0 Å². The lowest BCUT2D eigenvalue weighted by Gasteiger charge is -2.38. The van der Waals surface area contributed by atoms with Crippen molar-refractivity contribution in [2.45, 2.75) is 39.0 Å². The molecule has 0 aliphatic heterocycles. The van der Waals surface area contributed by atoms with Crippen LogP contribution in [0.3, 0.4) is 0 Å². The van der Waals surface area contributed by atoms with Gasteiger partial charge in [-0.05, 0) is 47.4 Å². The number of hydrogen-bond donors (Lipinski definition) is 0. The zero-order valence-corrected chi connectivity index (χ0v) is 11.5. The molecule has 0 aromatic heterocycles. The first-order chi connectivity index (χ1) is 8.97. The van der Waals surface area contributed by atoms with Gasteiger partial charge in [-0.25, -0.2) is 0 Å². The minimum Gasteiger partial charge on any atom is -0.197 e. The summed E-state index contributed by atoms with van der Waals surface area (Å²) in [5.74, 6) is 0. The summed E-state index contributed by atoms with van der Waals surface area (Å²) in [7, 11) is 0. The SMILES string of the molecule is Cc1ccc2c3c1CC(C)(C)[C@@]3(C#N)CC=C2C#N. The van der Waals surface area contributed by atoms with E-state index < -0.39 is 5.41 Å². The minimum atomic E-state index is -0.468. The molecular weight excluding hydrogens is 232 g/mol. The van der Waals surface area contributed by atoms with E-state index in [1.807, 2.05) is 12.1 Å². The standard InChI is InChI=1S/C17H16N2/c1-11-4-5-13-12(9-18)6-7-17(10-19)15(13)14(11)8-16(17,2)3/h4-6H,7-8H2,1-3H3/t17-/m1/s1. The molecule has 2 heteroatoms. The van der Waals surface area contributed by atoms with Crippen LogP contribution in [0.15, 0.2) is 18.2 Å². The van der Waals surface area contributed by atoms with Crippen LogP contribution in [0.25, 0.3) is 5.57 Å². The molecule has 0 spiro atoms. The van der Waals surface area contributed by atoms with E-state index in [4.69, 9.17) is 0 Å². The van der Waals surface area contributed by atoms with Crippen molar-refractivity contribution in [1.29, 1.82) is 10.5 Å². The van der Waals surface area contributed by atoms with Gasteiger partial charge in [-0.15, -0.1) is 0 Å². The molecule has 2 aliphatic carbocycles. The predicted octanol–water partition coefficient (Wildman–Crippen LogP) is 3.65. The van der Waals surface area contributed by atoms with Crippen LogP contribution in [-0.2, 0) is 11.8 Å². The quantitative estimate of drug-likeness (QED) is 0.703. The number of benzene rings is 1. The molecule has 1 aromatic carbocycles. The summed E-state index contributed by atoms with van der Waals surface area (Å²) in [5, 5.41) is 19.1. The lowest BCUT2D eigenvalue weighted by Crippen LogP contribution is -2.38. The van der Waals surface area contributed by atoms with E-state index in [0.717, 1.165) is 23.1 Å². The maximum Gasteiger partial charge on any atom is 0.0994 e. The Hall–Kier alpha value is -2.06. The number of hydrogen-bond acceptors (Lipinski definition) is 2. The van der Waals surface area contributed by atoms with E-state index in [1.165, 1.54) is 11.1 Å². The first kappa shape index (κ1) is 12.0. The third-order valence-corrected chi connectivity index (χ3v) is 4.96. The van der Waals surface area contributed by atoms with Crippen molar-refractivity contribution in [1.82, 2.24) is 0 Å². The molecule has 0 fully saturated rings. The van der Waals surface area contributed by atoms with E-state index >= 15 is 0 Å². The van der Waals surface area contributed by atoms with Crippen molar-refractivity contribution in [3.63, 3.8) is 0 Å². The highest BCUT2D eigenvalue weighted by Gasteiger charge is 2.55. The first-order valence-electron chi connectivity index (χ1n) is 6.62. The van der Waals surface area contributed by atoms with Gasteiger partial charge >= 0.3 is 0 Å². The second-order valence-corrected chi connectivity index (χ2v) is 6.30. The highest BCUT2D eigenvalue weighted by molar-refractivity contribution is 5.84. The molecule has 0 bridgehead atoms. The summed E-state index contributed by atoms with van der Waals surface area (Å²) < 4.78 is 0. The van der Waals surface area contributed by atoms with E-state index in [0.29, 0.717) is 6.42 Å². The van der Waals surface area contributed by atoms with Gasteiger partial charge in [0.2, 0.25) is 0 Å². The van der Waals surface area contributed by atoms with Crippen LogP contribution >= 0.6 is 0 Å². The van der Waals surface area contributed by atoms with Gasteiger partial charge in [0, 0.05) is 0 Å². The highest BCUT2D eigenvalue weighted by Crippen LogP contribution is 2.58. The number of nitriles is 2. The fourth-order valence-electron chi connectivity index (χ4n) is 3.73. The Kier molecular flexibility index (Phi) is 2.20. The van der Waals surface area contributed by atoms with Crippen LogP contribution in [0.2, 0.25) is 0 Å². The fourth-order valence-corrected chi connectivity index (χ4v) is 3.73. The van der Waals surface area contributed by atoms with Gasteiger partial charge in [0.25, 0.3) is 0 Å². The van der Waals surface area contributed by atoms with Crippen LogP contribution in [0, 0.1) is 35.0 Å². The summed E-state index contributed by atoms with van der Waals surface area (Å²) in [6, 6.07) is 8.95. The molecule has 2 aliphatic rings. The van der Waals surface area contributed by atoms with E-state index in [9.17, 15) is 10.5 Å². The normalized spacial score (nSPS) is 26.1. The van der Waals surface area contributed by atoms with Crippen LogP contribution < -0.4 is 0 Å². The summed E-state index contributed by atoms with van der Waals surface area (Å²) in [4.78, 5) is 0. The average Bonchev–Trinajstić information content (AvgIpc) is 2.64. The molecule has 2 nitrogen and oxygen atoms in total. The first-order valence-corrected chi connectivity index (χ1v) is 6.62. The molecule has 0 saturated heterocycles. The predicted molar refractivity (Wildman–Crippen MR) is 74.2 cm³/mol. The molecule has 0 heterocycles. The monoisotopic (exact) mass is 248 g/mol. The zero-order valence-electron chi connectivity index (χ0n) is 11.5. The van der Waals surface area contributed by atoms with Crippen LogP contribution in [-0.4, -0.2) is 0 Å². The maximum absolute atomic E-state index is 9.84. The lowest BCUT2D eigenvalue weighted by molar-refractivity contribution is 0.244. The van der Waals surface area contributed by atoms with Gasteiger partial charge in [0.1, 0.15) is 0 Å². The van der Waals surface area contributed by atoms with E-state index in [2.05, 4.69) is 39.0 Å². The van der Waals surface area contributed by atoms with Crippen LogP contribution in [0.4, 0.5) is 0 Å². The zero-order chi connectivity index (χ0) is 13.8. The van der Waals surface area contributed by atoms with Crippen molar-refractivity contribution >= 4 is 5.57 Å². The molecular formula is C17H16N2. The third-order valence-electron chi connectivity index (χ3n) is 4.96. The Labute approximate surface area is 114 Å². The van der Waals surface area contributed by atoms with Gasteiger partial charge < -0.3 is 0 Å². The van der Waals surface area contributed by atoms with Gasteiger partial charge in [-0.2, -0.15) is 10.5 Å². The smallest absolute Gasteiger partial charge is 0.0994 e. The molecule has 19 heavy (non-hydrogen) atoms. The van der Waals surface area contributed by atoms with E-state index in [-0.39, 0.29) is 5.41 Å². The van der Waals surface area contributed by atoms with Crippen LogP contribution in [0.5, 0.6) is 0 Å². The molecule has 1 aromatic rings. The topological polar surface area (TPSA) is 47.6 Å². The largest absolute Gasteiger partial charge is 0.197 e. The summed E-state index contributed by atoms with van der Waals surface area (Å²) >= 11 is 0. The van der Waals surface area contributed by atoms with Crippen molar-refractivity contribution in [3.05, 3.63) is 40.5 Å². The van der Waals surface area contributed by atoms with Crippen molar-refractivity contribution in [3.8, 4) is 12.1 Å². The minimum absolute atomic E-state index is 0.0809.